The van der Waals surface area contributed by atoms with Crippen molar-refractivity contribution in [2.45, 2.75) is 45.7 Å². The molecule has 0 bridgehead atoms. The maximum Gasteiger partial charge on any atom is 0.303 e. The molecule has 2 atom stereocenters. The molecule has 0 aliphatic rings. The van der Waals surface area contributed by atoms with Gasteiger partial charge in [0, 0.05) is 6.42 Å². The van der Waals surface area contributed by atoms with E-state index in [0.29, 0.717) is 0 Å². The molecule has 110 valence electrons. The van der Waals surface area contributed by atoms with Crippen LogP contribution in [0.3, 0.4) is 0 Å². The molecule has 0 aromatic heterocycles. The molecule has 0 saturated carbocycles. The lowest BCUT2D eigenvalue weighted by atomic mass is 9.99. The van der Waals surface area contributed by atoms with Crippen LogP contribution in [0.1, 0.15) is 42.5 Å². The lowest BCUT2D eigenvalue weighted by Crippen LogP contribution is -2.42. The average molecular weight is 278 g/mol. The second kappa shape index (κ2) is 7.05. The zero-order chi connectivity index (χ0) is 15.3. The number of carboxylic acids is 1. The number of rotatable bonds is 6. The van der Waals surface area contributed by atoms with Crippen LogP contribution in [-0.4, -0.2) is 23.0 Å². The summed E-state index contributed by atoms with van der Waals surface area (Å²) in [7, 11) is 0. The van der Waals surface area contributed by atoms with Crippen molar-refractivity contribution in [1.82, 2.24) is 5.32 Å². The first-order valence-corrected chi connectivity index (χ1v) is 6.66. The van der Waals surface area contributed by atoms with Gasteiger partial charge < -0.3 is 16.2 Å². The third-order valence-electron chi connectivity index (χ3n) is 3.27. The number of nitrogens with one attached hydrogen (secondary N) is 1. The SMILES string of the molecule is Cc1ccc(C)c(C(C)NC(=O)C(N)CCC(=O)O)c1. The van der Waals surface area contributed by atoms with Gasteiger partial charge in [-0.05, 0) is 38.3 Å². The maximum atomic E-state index is 11.9. The molecule has 0 aliphatic carbocycles. The smallest absolute Gasteiger partial charge is 0.303 e. The molecule has 0 spiro atoms. The van der Waals surface area contributed by atoms with Crippen molar-refractivity contribution in [3.63, 3.8) is 0 Å². The lowest BCUT2D eigenvalue weighted by molar-refractivity contribution is -0.137. The van der Waals surface area contributed by atoms with Crippen LogP contribution >= 0.6 is 0 Å². The molecule has 5 heteroatoms. The van der Waals surface area contributed by atoms with E-state index < -0.39 is 12.0 Å². The van der Waals surface area contributed by atoms with Gasteiger partial charge in [0.1, 0.15) is 0 Å². The van der Waals surface area contributed by atoms with Crippen molar-refractivity contribution >= 4 is 11.9 Å². The van der Waals surface area contributed by atoms with Crippen LogP contribution in [0.5, 0.6) is 0 Å². The molecule has 1 amide bonds. The van der Waals surface area contributed by atoms with Crippen LogP contribution in [-0.2, 0) is 9.59 Å². The minimum atomic E-state index is -0.948. The number of carboxylic acid groups (broad SMARTS) is 1. The summed E-state index contributed by atoms with van der Waals surface area (Å²) in [6.07, 6.45) is 0.0348. The second-order valence-corrected chi connectivity index (χ2v) is 5.13. The van der Waals surface area contributed by atoms with Crippen LogP contribution in [0.25, 0.3) is 0 Å². The molecule has 0 aliphatic heterocycles. The number of carbonyl (C=O) groups excluding carboxylic acids is 1. The highest BCUT2D eigenvalue weighted by atomic mass is 16.4. The Kier molecular flexibility index (Phi) is 5.70. The van der Waals surface area contributed by atoms with E-state index in [9.17, 15) is 9.59 Å². The van der Waals surface area contributed by atoms with E-state index in [1.54, 1.807) is 0 Å². The summed E-state index contributed by atoms with van der Waals surface area (Å²) in [6, 6.07) is 5.11. The van der Waals surface area contributed by atoms with Gasteiger partial charge in [-0.2, -0.15) is 0 Å². The Labute approximate surface area is 119 Å². The van der Waals surface area contributed by atoms with E-state index in [1.807, 2.05) is 39.0 Å². The fourth-order valence-electron chi connectivity index (χ4n) is 2.03. The highest BCUT2D eigenvalue weighted by Crippen LogP contribution is 2.19. The lowest BCUT2D eigenvalue weighted by Gasteiger charge is -2.19. The minimum absolute atomic E-state index is 0.105. The van der Waals surface area contributed by atoms with E-state index >= 15 is 0 Å². The van der Waals surface area contributed by atoms with E-state index in [0.717, 1.165) is 16.7 Å². The third kappa shape index (κ3) is 4.66. The number of nitrogens with two attached hydrogens (primary N) is 1. The van der Waals surface area contributed by atoms with Crippen LogP contribution in [0.15, 0.2) is 18.2 Å². The Hall–Kier alpha value is -1.88. The van der Waals surface area contributed by atoms with Gasteiger partial charge >= 0.3 is 5.97 Å². The summed E-state index contributed by atoms with van der Waals surface area (Å²) in [5.41, 5.74) is 8.96. The maximum absolute atomic E-state index is 11.9. The topological polar surface area (TPSA) is 92.4 Å². The molecule has 0 heterocycles. The zero-order valence-electron chi connectivity index (χ0n) is 12.1. The minimum Gasteiger partial charge on any atom is -0.481 e. The fourth-order valence-corrected chi connectivity index (χ4v) is 2.03. The molecule has 2 unspecified atom stereocenters. The van der Waals surface area contributed by atoms with E-state index in [-0.39, 0.29) is 24.8 Å². The molecular weight excluding hydrogens is 256 g/mol. The van der Waals surface area contributed by atoms with Gasteiger partial charge in [0.25, 0.3) is 0 Å². The zero-order valence-corrected chi connectivity index (χ0v) is 12.1. The second-order valence-electron chi connectivity index (χ2n) is 5.13. The largest absolute Gasteiger partial charge is 0.481 e. The summed E-state index contributed by atoms with van der Waals surface area (Å²) in [4.78, 5) is 22.4. The van der Waals surface area contributed by atoms with E-state index in [1.165, 1.54) is 0 Å². The number of carbonyl (C=O) groups is 2. The summed E-state index contributed by atoms with van der Waals surface area (Å²) in [5, 5.41) is 11.4. The third-order valence-corrected chi connectivity index (χ3v) is 3.27. The summed E-state index contributed by atoms with van der Waals surface area (Å²) >= 11 is 0. The molecule has 20 heavy (non-hydrogen) atoms. The van der Waals surface area contributed by atoms with Crippen LogP contribution in [0, 0.1) is 13.8 Å². The van der Waals surface area contributed by atoms with E-state index in [2.05, 4.69) is 5.32 Å². The molecule has 5 nitrogen and oxygen atoms in total. The highest BCUT2D eigenvalue weighted by molar-refractivity contribution is 5.82. The van der Waals surface area contributed by atoms with Crippen molar-refractivity contribution in [3.05, 3.63) is 34.9 Å². The molecule has 0 saturated heterocycles. The van der Waals surface area contributed by atoms with Crippen LogP contribution in [0.2, 0.25) is 0 Å². The predicted octanol–water partition coefficient (Wildman–Crippen LogP) is 1.67. The van der Waals surface area contributed by atoms with Gasteiger partial charge in [0.2, 0.25) is 5.91 Å². The predicted molar refractivity (Wildman–Crippen MR) is 77.3 cm³/mol. The highest BCUT2D eigenvalue weighted by Gasteiger charge is 2.18. The van der Waals surface area contributed by atoms with Gasteiger partial charge in [0.15, 0.2) is 0 Å². The van der Waals surface area contributed by atoms with Crippen molar-refractivity contribution in [3.8, 4) is 0 Å². The quantitative estimate of drug-likeness (QED) is 0.738. The first-order chi connectivity index (χ1) is 9.31. The Balaban J connectivity index is 2.65. The number of aliphatic carboxylic acids is 1. The van der Waals surface area contributed by atoms with Gasteiger partial charge in [0.05, 0.1) is 12.1 Å². The Morgan fingerprint density at radius 2 is 2.00 bits per heavy atom. The number of amides is 1. The first-order valence-electron chi connectivity index (χ1n) is 6.66. The van der Waals surface area contributed by atoms with Gasteiger partial charge in [-0.3, -0.25) is 9.59 Å². The molecule has 4 N–H and O–H groups in total. The number of benzene rings is 1. The Morgan fingerprint density at radius 1 is 1.35 bits per heavy atom. The molecular formula is C15H22N2O3. The van der Waals surface area contributed by atoms with Crippen LogP contribution < -0.4 is 11.1 Å². The number of hydrogen-bond donors (Lipinski definition) is 3. The fraction of sp³-hybridized carbons (Fsp3) is 0.467. The number of hydrogen-bond acceptors (Lipinski definition) is 3. The van der Waals surface area contributed by atoms with Gasteiger partial charge in [-0.25, -0.2) is 0 Å². The summed E-state index contributed by atoms with van der Waals surface area (Å²) in [5.74, 6) is -1.27. The molecule has 1 aromatic carbocycles. The van der Waals surface area contributed by atoms with Crippen molar-refractivity contribution in [2.75, 3.05) is 0 Å². The Bertz CT molecular complexity index is 500. The molecule has 1 rings (SSSR count). The summed E-state index contributed by atoms with van der Waals surface area (Å²) in [6.45, 7) is 5.88. The number of aryl methyl sites for hydroxylation is 2. The normalized spacial score (nSPS) is 13.6. The monoisotopic (exact) mass is 278 g/mol. The van der Waals surface area contributed by atoms with Crippen molar-refractivity contribution in [1.29, 1.82) is 0 Å². The van der Waals surface area contributed by atoms with Crippen molar-refractivity contribution < 1.29 is 14.7 Å². The molecule has 0 radical (unpaired) electrons. The molecule has 0 fully saturated rings. The molecule has 1 aromatic rings. The summed E-state index contributed by atoms with van der Waals surface area (Å²) < 4.78 is 0. The van der Waals surface area contributed by atoms with Gasteiger partial charge in [-0.1, -0.05) is 23.8 Å². The Morgan fingerprint density at radius 3 is 2.60 bits per heavy atom. The average Bonchev–Trinajstić information content (AvgIpc) is 2.38. The van der Waals surface area contributed by atoms with Crippen molar-refractivity contribution in [2.24, 2.45) is 5.73 Å². The van der Waals surface area contributed by atoms with Crippen LogP contribution in [0.4, 0.5) is 0 Å². The standard InChI is InChI=1S/C15H22N2O3/c1-9-4-5-10(2)12(8-9)11(3)17-15(20)13(16)6-7-14(18)19/h4-5,8,11,13H,6-7,16H2,1-3H3,(H,17,20)(H,18,19). The first kappa shape index (κ1) is 16.2. The van der Waals surface area contributed by atoms with Gasteiger partial charge in [-0.15, -0.1) is 0 Å². The van der Waals surface area contributed by atoms with E-state index in [4.69, 9.17) is 10.8 Å².